The Morgan fingerprint density at radius 2 is 1.93 bits per heavy atom. The van der Waals surface area contributed by atoms with E-state index in [1.54, 1.807) is 24.0 Å². The lowest BCUT2D eigenvalue weighted by Gasteiger charge is -2.38. The predicted molar refractivity (Wildman–Crippen MR) is 104 cm³/mol. The lowest BCUT2D eigenvalue weighted by Crippen LogP contribution is -2.59. The summed E-state index contributed by atoms with van der Waals surface area (Å²) in [5.41, 5.74) is 2.86. The van der Waals surface area contributed by atoms with Crippen LogP contribution in [0.1, 0.15) is 23.6 Å². The topological polar surface area (TPSA) is 49.9 Å². The van der Waals surface area contributed by atoms with Crippen molar-refractivity contribution in [3.63, 3.8) is 0 Å². The van der Waals surface area contributed by atoms with E-state index in [-0.39, 0.29) is 30.7 Å². The van der Waals surface area contributed by atoms with Crippen molar-refractivity contribution in [2.24, 2.45) is 0 Å². The Morgan fingerprint density at radius 1 is 1.14 bits per heavy atom. The second-order valence-electron chi connectivity index (χ2n) is 7.20. The monoisotopic (exact) mass is 384 g/mol. The van der Waals surface area contributed by atoms with Crippen molar-refractivity contribution in [2.45, 2.75) is 33.4 Å². The van der Waals surface area contributed by atoms with Gasteiger partial charge in [-0.1, -0.05) is 29.8 Å². The maximum Gasteiger partial charge on any atom is 0.245 e. The van der Waals surface area contributed by atoms with E-state index in [0.717, 1.165) is 16.9 Å². The largest absolute Gasteiger partial charge is 0.491 e. The van der Waals surface area contributed by atoms with Gasteiger partial charge >= 0.3 is 0 Å². The second-order valence-corrected chi connectivity index (χ2v) is 7.20. The molecule has 0 aromatic heterocycles. The van der Waals surface area contributed by atoms with Crippen LogP contribution in [-0.4, -0.2) is 47.4 Å². The van der Waals surface area contributed by atoms with Crippen molar-refractivity contribution in [1.82, 2.24) is 9.80 Å². The van der Waals surface area contributed by atoms with Gasteiger partial charge in [-0.05, 0) is 50.1 Å². The van der Waals surface area contributed by atoms with Gasteiger partial charge in [-0.2, -0.15) is 0 Å². The molecule has 1 aliphatic heterocycles. The van der Waals surface area contributed by atoms with Gasteiger partial charge in [-0.15, -0.1) is 0 Å². The molecule has 0 bridgehead atoms. The maximum atomic E-state index is 13.4. The fraction of sp³-hybridized carbons (Fsp3) is 0.364. The number of piperazine rings is 1. The molecule has 1 atom stereocenters. The van der Waals surface area contributed by atoms with Crippen molar-refractivity contribution in [3.05, 3.63) is 65.0 Å². The molecule has 0 radical (unpaired) electrons. The van der Waals surface area contributed by atoms with E-state index in [2.05, 4.69) is 0 Å². The van der Waals surface area contributed by atoms with Crippen LogP contribution in [0.2, 0.25) is 0 Å². The van der Waals surface area contributed by atoms with E-state index in [1.165, 1.54) is 17.0 Å². The number of hydrogen-bond acceptors (Lipinski definition) is 3. The quantitative estimate of drug-likeness (QED) is 0.769. The van der Waals surface area contributed by atoms with Crippen molar-refractivity contribution in [2.75, 3.05) is 19.7 Å². The van der Waals surface area contributed by atoms with E-state index in [1.807, 2.05) is 32.0 Å². The second kappa shape index (κ2) is 8.42. The minimum Gasteiger partial charge on any atom is -0.491 e. The average molecular weight is 384 g/mol. The van der Waals surface area contributed by atoms with E-state index >= 15 is 0 Å². The van der Waals surface area contributed by atoms with Crippen LogP contribution in [0.4, 0.5) is 4.39 Å². The first-order chi connectivity index (χ1) is 13.3. The molecule has 0 saturated carbocycles. The molecule has 1 heterocycles. The zero-order valence-electron chi connectivity index (χ0n) is 16.4. The van der Waals surface area contributed by atoms with Crippen LogP contribution in [0.5, 0.6) is 5.75 Å². The lowest BCUT2D eigenvalue weighted by molar-refractivity contribution is -0.155. The molecule has 28 heavy (non-hydrogen) atoms. The Balaban J connectivity index is 1.59. The van der Waals surface area contributed by atoms with E-state index in [4.69, 9.17) is 4.74 Å². The van der Waals surface area contributed by atoms with Crippen LogP contribution < -0.4 is 4.74 Å². The maximum absolute atomic E-state index is 13.4. The summed E-state index contributed by atoms with van der Waals surface area (Å²) in [7, 11) is 0. The fourth-order valence-electron chi connectivity index (χ4n) is 3.47. The molecule has 1 fully saturated rings. The minimum atomic E-state index is -0.572. The van der Waals surface area contributed by atoms with Gasteiger partial charge in [-0.25, -0.2) is 4.39 Å². The highest BCUT2D eigenvalue weighted by atomic mass is 19.1. The zero-order chi connectivity index (χ0) is 20.3. The number of hydrogen-bond donors (Lipinski definition) is 0. The SMILES string of the molecule is Cc1ccc(OCCN2C(=O)CN(Cc3cccc(F)c3)C(=O)[C@@H]2C)c(C)c1. The summed E-state index contributed by atoms with van der Waals surface area (Å²) in [5.74, 6) is 0.149. The summed E-state index contributed by atoms with van der Waals surface area (Å²) in [4.78, 5) is 28.3. The molecule has 2 aromatic rings. The molecule has 5 nitrogen and oxygen atoms in total. The molecule has 2 aromatic carbocycles. The number of rotatable bonds is 6. The van der Waals surface area contributed by atoms with Crippen molar-refractivity contribution in [1.29, 1.82) is 0 Å². The zero-order valence-corrected chi connectivity index (χ0v) is 16.4. The molecule has 6 heteroatoms. The summed E-state index contributed by atoms with van der Waals surface area (Å²) in [6.07, 6.45) is 0. The normalized spacial score (nSPS) is 17.2. The van der Waals surface area contributed by atoms with Crippen LogP contribution in [0, 0.1) is 19.7 Å². The summed E-state index contributed by atoms with van der Waals surface area (Å²) >= 11 is 0. The Labute approximate surface area is 164 Å². The fourth-order valence-corrected chi connectivity index (χ4v) is 3.47. The van der Waals surface area contributed by atoms with Crippen molar-refractivity contribution >= 4 is 11.8 Å². The van der Waals surface area contributed by atoms with Gasteiger partial charge in [0.25, 0.3) is 0 Å². The molecule has 2 amide bonds. The molecule has 0 spiro atoms. The number of carbonyl (C=O) groups is 2. The number of benzene rings is 2. The molecule has 0 aliphatic carbocycles. The van der Waals surface area contributed by atoms with Crippen LogP contribution in [0.3, 0.4) is 0 Å². The third kappa shape index (κ3) is 4.50. The van der Waals surface area contributed by atoms with Crippen molar-refractivity contribution < 1.29 is 18.7 Å². The standard InChI is InChI=1S/C22H25FN2O3/c1-15-7-8-20(16(2)11-15)28-10-9-25-17(3)22(27)24(14-21(25)26)13-18-5-4-6-19(23)12-18/h4-8,11-12,17H,9-10,13-14H2,1-3H3/t17-/m0/s1. The van der Waals surface area contributed by atoms with Gasteiger partial charge in [0.15, 0.2) is 0 Å². The molecule has 0 unspecified atom stereocenters. The lowest BCUT2D eigenvalue weighted by atomic mass is 10.1. The van der Waals surface area contributed by atoms with Gasteiger partial charge in [0.05, 0.1) is 6.54 Å². The Hall–Kier alpha value is -2.89. The summed E-state index contributed by atoms with van der Waals surface area (Å²) in [6.45, 7) is 6.58. The van der Waals surface area contributed by atoms with Gasteiger partial charge < -0.3 is 14.5 Å². The van der Waals surface area contributed by atoms with Crippen LogP contribution in [-0.2, 0) is 16.1 Å². The van der Waals surface area contributed by atoms with Crippen LogP contribution in [0.15, 0.2) is 42.5 Å². The molecular formula is C22H25FN2O3. The van der Waals surface area contributed by atoms with Crippen LogP contribution >= 0.6 is 0 Å². The predicted octanol–water partition coefficient (Wildman–Crippen LogP) is 3.08. The Bertz CT molecular complexity index is 884. The number of aryl methyl sites for hydroxylation is 2. The molecule has 0 N–H and O–H groups in total. The van der Waals surface area contributed by atoms with Gasteiger partial charge in [0.1, 0.15) is 30.8 Å². The number of ether oxygens (including phenoxy) is 1. The molecule has 3 rings (SSSR count). The highest BCUT2D eigenvalue weighted by molar-refractivity contribution is 5.94. The smallest absolute Gasteiger partial charge is 0.245 e. The number of halogens is 1. The Morgan fingerprint density at radius 3 is 2.64 bits per heavy atom. The highest BCUT2D eigenvalue weighted by Crippen LogP contribution is 2.20. The number of nitrogens with zero attached hydrogens (tertiary/aromatic N) is 2. The summed E-state index contributed by atoms with van der Waals surface area (Å²) in [5, 5.41) is 0. The third-order valence-electron chi connectivity index (χ3n) is 4.97. The van der Waals surface area contributed by atoms with E-state index < -0.39 is 6.04 Å². The van der Waals surface area contributed by atoms with E-state index in [0.29, 0.717) is 18.7 Å². The average Bonchev–Trinajstić information content (AvgIpc) is 2.64. The van der Waals surface area contributed by atoms with Crippen molar-refractivity contribution in [3.8, 4) is 5.75 Å². The Kier molecular flexibility index (Phi) is 5.97. The van der Waals surface area contributed by atoms with Crippen LogP contribution in [0.25, 0.3) is 0 Å². The molecule has 1 saturated heterocycles. The first-order valence-electron chi connectivity index (χ1n) is 9.38. The minimum absolute atomic E-state index is 0.0107. The third-order valence-corrected chi connectivity index (χ3v) is 4.97. The first-order valence-corrected chi connectivity index (χ1v) is 9.38. The molecule has 1 aliphatic rings. The first kappa shape index (κ1) is 19.9. The number of amides is 2. The highest BCUT2D eigenvalue weighted by Gasteiger charge is 2.36. The number of carbonyl (C=O) groups excluding carboxylic acids is 2. The summed E-state index contributed by atoms with van der Waals surface area (Å²) < 4.78 is 19.2. The molecular weight excluding hydrogens is 359 g/mol. The van der Waals surface area contributed by atoms with E-state index in [9.17, 15) is 14.0 Å². The summed E-state index contributed by atoms with van der Waals surface area (Å²) in [6, 6.07) is 11.4. The van der Waals surface area contributed by atoms with Gasteiger partial charge in [0, 0.05) is 6.54 Å². The van der Waals surface area contributed by atoms with Gasteiger partial charge in [-0.3, -0.25) is 9.59 Å². The molecule has 148 valence electrons. The van der Waals surface area contributed by atoms with Gasteiger partial charge in [0.2, 0.25) is 11.8 Å².